The highest BCUT2D eigenvalue weighted by molar-refractivity contribution is 5.65. The summed E-state index contributed by atoms with van der Waals surface area (Å²) in [6, 6.07) is 2.77. The normalized spacial score (nSPS) is 18.6. The summed E-state index contributed by atoms with van der Waals surface area (Å²) in [4.78, 5) is 26.1. The number of pyridine rings is 1. The van der Waals surface area contributed by atoms with Gasteiger partial charge in [0, 0.05) is 31.1 Å². The molecule has 1 saturated heterocycles. The maximum Gasteiger partial charge on any atom is 0.407 e. The van der Waals surface area contributed by atoms with E-state index in [0.717, 1.165) is 19.0 Å². The second kappa shape index (κ2) is 6.18. The Labute approximate surface area is 115 Å². The minimum atomic E-state index is -0.914. The van der Waals surface area contributed by atoms with E-state index in [2.05, 4.69) is 4.98 Å². The summed E-state index contributed by atoms with van der Waals surface area (Å²) >= 11 is 0. The van der Waals surface area contributed by atoms with Crippen LogP contribution in [0, 0.1) is 16.0 Å². The number of hydrogen-bond acceptors (Lipinski definition) is 5. The fourth-order valence-electron chi connectivity index (χ4n) is 2.14. The third kappa shape index (κ3) is 3.56. The number of amides is 1. The van der Waals surface area contributed by atoms with Gasteiger partial charge in [-0.1, -0.05) is 0 Å². The molecule has 2 heterocycles. The van der Waals surface area contributed by atoms with Crippen molar-refractivity contribution in [2.75, 3.05) is 19.7 Å². The van der Waals surface area contributed by atoms with Crippen LogP contribution in [0.1, 0.15) is 12.8 Å². The molecule has 0 saturated carbocycles. The van der Waals surface area contributed by atoms with E-state index < -0.39 is 11.0 Å². The summed E-state index contributed by atoms with van der Waals surface area (Å²) in [5.74, 6) is 0.430. The number of ether oxygens (including phenoxy) is 1. The number of carbonyl (C=O) groups is 1. The quantitative estimate of drug-likeness (QED) is 0.665. The van der Waals surface area contributed by atoms with Gasteiger partial charge in [-0.25, -0.2) is 9.78 Å². The van der Waals surface area contributed by atoms with Gasteiger partial charge in [0.2, 0.25) is 5.88 Å². The first-order chi connectivity index (χ1) is 9.56. The van der Waals surface area contributed by atoms with Crippen LogP contribution in [0.25, 0.3) is 0 Å². The summed E-state index contributed by atoms with van der Waals surface area (Å²) in [7, 11) is 0. The molecule has 0 aliphatic carbocycles. The van der Waals surface area contributed by atoms with E-state index in [0.29, 0.717) is 25.6 Å². The lowest BCUT2D eigenvalue weighted by Crippen LogP contribution is -2.40. The van der Waals surface area contributed by atoms with E-state index >= 15 is 0 Å². The minimum absolute atomic E-state index is 0.0907. The molecule has 1 amide bonds. The second-order valence-electron chi connectivity index (χ2n) is 4.66. The highest BCUT2D eigenvalue weighted by Crippen LogP contribution is 2.19. The van der Waals surface area contributed by atoms with Gasteiger partial charge in [-0.15, -0.1) is 0 Å². The van der Waals surface area contributed by atoms with Crippen molar-refractivity contribution >= 4 is 11.8 Å². The average molecular weight is 281 g/mol. The van der Waals surface area contributed by atoms with Crippen LogP contribution in [0.2, 0.25) is 0 Å². The summed E-state index contributed by atoms with van der Waals surface area (Å²) < 4.78 is 5.45. The molecule has 0 unspecified atom stereocenters. The van der Waals surface area contributed by atoms with E-state index in [1.165, 1.54) is 17.0 Å². The van der Waals surface area contributed by atoms with Gasteiger partial charge < -0.3 is 14.7 Å². The van der Waals surface area contributed by atoms with Crippen molar-refractivity contribution in [3.8, 4) is 5.88 Å². The van der Waals surface area contributed by atoms with Gasteiger partial charge in [-0.3, -0.25) is 10.1 Å². The molecule has 8 nitrogen and oxygen atoms in total. The Hall–Kier alpha value is -2.38. The third-order valence-corrected chi connectivity index (χ3v) is 3.19. The molecule has 1 aliphatic rings. The molecule has 2 rings (SSSR count). The molecule has 108 valence electrons. The third-order valence-electron chi connectivity index (χ3n) is 3.19. The number of nitrogens with zero attached hydrogens (tertiary/aromatic N) is 3. The van der Waals surface area contributed by atoms with Crippen LogP contribution in [-0.2, 0) is 0 Å². The van der Waals surface area contributed by atoms with Crippen LogP contribution in [0.3, 0.4) is 0 Å². The lowest BCUT2D eigenvalue weighted by Gasteiger charge is -2.30. The summed E-state index contributed by atoms with van der Waals surface area (Å²) in [6.07, 6.45) is 1.94. The lowest BCUT2D eigenvalue weighted by atomic mass is 9.99. The highest BCUT2D eigenvalue weighted by atomic mass is 16.6. The average Bonchev–Trinajstić information content (AvgIpc) is 2.46. The van der Waals surface area contributed by atoms with E-state index in [-0.39, 0.29) is 11.6 Å². The molecule has 20 heavy (non-hydrogen) atoms. The van der Waals surface area contributed by atoms with Crippen LogP contribution in [0.4, 0.5) is 10.5 Å². The fourth-order valence-corrected chi connectivity index (χ4v) is 2.14. The molecule has 0 aromatic carbocycles. The monoisotopic (exact) mass is 281 g/mol. The van der Waals surface area contributed by atoms with E-state index in [9.17, 15) is 14.9 Å². The van der Waals surface area contributed by atoms with Crippen molar-refractivity contribution in [1.82, 2.24) is 9.88 Å². The number of hydrogen-bond donors (Lipinski definition) is 1. The largest absolute Gasteiger partial charge is 0.477 e. The Morgan fingerprint density at radius 3 is 3.00 bits per heavy atom. The zero-order chi connectivity index (χ0) is 14.5. The lowest BCUT2D eigenvalue weighted by molar-refractivity contribution is -0.385. The molecule has 1 fully saturated rings. The first-order valence-corrected chi connectivity index (χ1v) is 6.27. The van der Waals surface area contributed by atoms with Crippen molar-refractivity contribution in [3.63, 3.8) is 0 Å². The number of carboxylic acid groups (broad SMARTS) is 1. The van der Waals surface area contributed by atoms with Gasteiger partial charge >= 0.3 is 6.09 Å². The van der Waals surface area contributed by atoms with Crippen LogP contribution in [0.15, 0.2) is 18.3 Å². The number of rotatable bonds is 4. The molecule has 1 atom stereocenters. The Balaban J connectivity index is 1.85. The van der Waals surface area contributed by atoms with E-state index in [1.54, 1.807) is 0 Å². The Bertz CT molecular complexity index is 490. The fraction of sp³-hybridized carbons (Fsp3) is 0.500. The molecule has 8 heteroatoms. The highest BCUT2D eigenvalue weighted by Gasteiger charge is 2.23. The van der Waals surface area contributed by atoms with Crippen LogP contribution in [0.5, 0.6) is 5.88 Å². The van der Waals surface area contributed by atoms with Crippen molar-refractivity contribution in [2.45, 2.75) is 12.8 Å². The predicted octanol–water partition coefficient (Wildman–Crippen LogP) is 1.76. The minimum Gasteiger partial charge on any atom is -0.477 e. The topological polar surface area (TPSA) is 106 Å². The van der Waals surface area contributed by atoms with Crippen molar-refractivity contribution in [1.29, 1.82) is 0 Å². The van der Waals surface area contributed by atoms with Crippen molar-refractivity contribution in [3.05, 3.63) is 28.4 Å². The van der Waals surface area contributed by atoms with Gasteiger partial charge in [-0.05, 0) is 12.8 Å². The molecular formula is C12H15N3O5. The molecule has 1 aromatic rings. The van der Waals surface area contributed by atoms with Crippen LogP contribution >= 0.6 is 0 Å². The van der Waals surface area contributed by atoms with Gasteiger partial charge in [0.15, 0.2) is 0 Å². The van der Waals surface area contributed by atoms with Gasteiger partial charge in [-0.2, -0.15) is 0 Å². The molecule has 0 bridgehead atoms. The summed E-state index contributed by atoms with van der Waals surface area (Å²) in [6.45, 7) is 1.36. The van der Waals surface area contributed by atoms with Crippen molar-refractivity contribution < 1.29 is 19.6 Å². The standard InChI is InChI=1S/C12H15N3O5/c16-12(17)14-5-1-2-9(7-14)8-20-11-4-3-10(6-13-11)15(18)19/h3-4,6,9H,1-2,5,7-8H2,(H,16,17)/t9-/m1/s1. The zero-order valence-corrected chi connectivity index (χ0v) is 10.8. The van der Waals surface area contributed by atoms with Crippen LogP contribution in [-0.4, -0.2) is 45.7 Å². The smallest absolute Gasteiger partial charge is 0.407 e. The Kier molecular flexibility index (Phi) is 4.34. The van der Waals surface area contributed by atoms with E-state index in [4.69, 9.17) is 9.84 Å². The Morgan fingerprint density at radius 1 is 1.60 bits per heavy atom. The first-order valence-electron chi connectivity index (χ1n) is 6.27. The number of aromatic nitrogens is 1. The van der Waals surface area contributed by atoms with Gasteiger partial charge in [0.25, 0.3) is 5.69 Å². The summed E-state index contributed by atoms with van der Waals surface area (Å²) in [5, 5.41) is 19.4. The predicted molar refractivity (Wildman–Crippen MR) is 68.7 cm³/mol. The molecular weight excluding hydrogens is 266 g/mol. The number of likely N-dealkylation sites (tertiary alicyclic amines) is 1. The zero-order valence-electron chi connectivity index (χ0n) is 10.8. The SMILES string of the molecule is O=C(O)N1CCC[C@@H](COc2ccc([N+](=O)[O-])cn2)C1. The maximum absolute atomic E-state index is 10.9. The number of piperidine rings is 1. The maximum atomic E-state index is 10.9. The first kappa shape index (κ1) is 14.0. The van der Waals surface area contributed by atoms with E-state index in [1.807, 2.05) is 0 Å². The van der Waals surface area contributed by atoms with Gasteiger partial charge in [0.05, 0.1) is 11.5 Å². The van der Waals surface area contributed by atoms with Crippen molar-refractivity contribution in [2.24, 2.45) is 5.92 Å². The van der Waals surface area contributed by atoms with Gasteiger partial charge in [0.1, 0.15) is 6.20 Å². The molecule has 1 aliphatic heterocycles. The number of nitro groups is 1. The summed E-state index contributed by atoms with van der Waals surface area (Å²) in [5.41, 5.74) is -0.0907. The van der Waals surface area contributed by atoms with Crippen LogP contribution < -0.4 is 4.74 Å². The molecule has 0 radical (unpaired) electrons. The second-order valence-corrected chi connectivity index (χ2v) is 4.66. The Morgan fingerprint density at radius 2 is 2.40 bits per heavy atom. The molecule has 1 N–H and O–H groups in total. The molecule has 0 spiro atoms. The molecule has 1 aromatic heterocycles.